The van der Waals surface area contributed by atoms with Gasteiger partial charge in [-0.25, -0.2) is 15.0 Å². The van der Waals surface area contributed by atoms with E-state index in [1.807, 2.05) is 79.1 Å². The minimum absolute atomic E-state index is 0.644. The summed E-state index contributed by atoms with van der Waals surface area (Å²) in [6.45, 7) is 0. The van der Waals surface area contributed by atoms with Gasteiger partial charge in [0.2, 0.25) is 0 Å². The highest BCUT2D eigenvalue weighted by molar-refractivity contribution is 6.21. The molecule has 0 amide bonds. The Morgan fingerprint density at radius 1 is 0.295 bits per heavy atom. The van der Waals surface area contributed by atoms with Gasteiger partial charge in [0.1, 0.15) is 0 Å². The zero-order chi connectivity index (χ0) is 29.3. The maximum atomic E-state index is 4.92. The molecule has 2 aromatic heterocycles. The van der Waals surface area contributed by atoms with Crippen LogP contribution in [0.25, 0.3) is 78.0 Å². The van der Waals surface area contributed by atoms with Gasteiger partial charge in [-0.3, -0.25) is 4.98 Å². The fraction of sp³-hybridized carbons (Fsp3) is 0. The van der Waals surface area contributed by atoms with Crippen molar-refractivity contribution in [3.63, 3.8) is 0 Å². The summed E-state index contributed by atoms with van der Waals surface area (Å²) < 4.78 is 0. The zero-order valence-electron chi connectivity index (χ0n) is 23.8. The maximum absolute atomic E-state index is 4.92. The summed E-state index contributed by atoms with van der Waals surface area (Å²) in [4.78, 5) is 19.1. The topological polar surface area (TPSA) is 51.6 Å². The molecule has 0 N–H and O–H groups in total. The quantitative estimate of drug-likeness (QED) is 0.196. The van der Waals surface area contributed by atoms with Gasteiger partial charge in [-0.1, -0.05) is 140 Å². The largest absolute Gasteiger partial charge is 0.264 e. The second kappa shape index (κ2) is 11.0. The molecule has 0 aliphatic rings. The fourth-order valence-corrected chi connectivity index (χ4v) is 5.98. The molecule has 0 saturated heterocycles. The third-order valence-electron chi connectivity index (χ3n) is 8.01. The van der Waals surface area contributed by atoms with Gasteiger partial charge in [-0.05, 0) is 44.3 Å². The lowest BCUT2D eigenvalue weighted by Crippen LogP contribution is -2.00. The average molecular weight is 563 g/mol. The van der Waals surface area contributed by atoms with E-state index in [1.54, 1.807) is 0 Å². The van der Waals surface area contributed by atoms with Gasteiger partial charge in [-0.15, -0.1) is 0 Å². The Balaban J connectivity index is 1.30. The van der Waals surface area contributed by atoms with Crippen LogP contribution in [0.3, 0.4) is 0 Å². The number of rotatable bonds is 5. The lowest BCUT2D eigenvalue weighted by atomic mass is 9.86. The molecule has 0 unspecified atom stereocenters. The minimum Gasteiger partial charge on any atom is -0.264 e. The predicted molar refractivity (Wildman–Crippen MR) is 180 cm³/mol. The van der Waals surface area contributed by atoms with Crippen molar-refractivity contribution in [3.05, 3.63) is 158 Å². The second-order valence-corrected chi connectivity index (χ2v) is 10.7. The van der Waals surface area contributed by atoms with Gasteiger partial charge < -0.3 is 0 Å². The van der Waals surface area contributed by atoms with Crippen molar-refractivity contribution in [3.8, 4) is 56.4 Å². The predicted octanol–water partition coefficient (Wildman–Crippen LogP) is 9.91. The highest BCUT2D eigenvalue weighted by atomic mass is 15.0. The molecule has 0 spiro atoms. The zero-order valence-corrected chi connectivity index (χ0v) is 23.8. The first-order valence-corrected chi connectivity index (χ1v) is 14.6. The SMILES string of the molecule is c1ccc(-c2nc(-c3ccccc3)nc(-c3ccc(-c4c5ccccc5c(-c5cccnc5)c5ccccc45)cc3)n2)cc1. The molecule has 0 bridgehead atoms. The van der Waals surface area contributed by atoms with Crippen LogP contribution in [0.15, 0.2) is 158 Å². The van der Waals surface area contributed by atoms with Crippen LogP contribution >= 0.6 is 0 Å². The van der Waals surface area contributed by atoms with Crippen LogP contribution in [-0.2, 0) is 0 Å². The molecular formula is C40H26N4. The monoisotopic (exact) mass is 562 g/mol. The molecule has 8 rings (SSSR count). The fourth-order valence-electron chi connectivity index (χ4n) is 5.98. The van der Waals surface area contributed by atoms with Crippen molar-refractivity contribution < 1.29 is 0 Å². The molecule has 4 nitrogen and oxygen atoms in total. The van der Waals surface area contributed by atoms with Crippen molar-refractivity contribution in [1.29, 1.82) is 0 Å². The van der Waals surface area contributed by atoms with Gasteiger partial charge in [0.15, 0.2) is 17.5 Å². The summed E-state index contributed by atoms with van der Waals surface area (Å²) in [5, 5.41) is 4.82. The Labute approximate surface area is 255 Å². The normalized spacial score (nSPS) is 11.2. The molecule has 44 heavy (non-hydrogen) atoms. The number of fused-ring (bicyclic) bond motifs is 2. The summed E-state index contributed by atoms with van der Waals surface area (Å²) in [6, 6.07) is 50.2. The third kappa shape index (κ3) is 4.59. The van der Waals surface area contributed by atoms with Crippen LogP contribution in [-0.4, -0.2) is 19.9 Å². The van der Waals surface area contributed by atoms with Crippen LogP contribution in [0.1, 0.15) is 0 Å². The molecular weight excluding hydrogens is 536 g/mol. The standard InChI is InChI=1S/C40H26N4/c1-3-12-28(13-4-1)38-42-39(29-14-5-2-6-15-29)44-40(43-38)30-23-21-27(22-24-30)36-32-17-7-9-19-34(32)37(31-16-11-25-41-26-31)35-20-10-8-18-33(35)36/h1-26H. The molecule has 0 aliphatic carbocycles. The molecule has 4 heteroatoms. The Hall–Kier alpha value is -6.00. The number of aromatic nitrogens is 4. The summed E-state index contributed by atoms with van der Waals surface area (Å²) in [7, 11) is 0. The highest BCUT2D eigenvalue weighted by Gasteiger charge is 2.17. The van der Waals surface area contributed by atoms with Gasteiger partial charge >= 0.3 is 0 Å². The second-order valence-electron chi connectivity index (χ2n) is 10.7. The van der Waals surface area contributed by atoms with Crippen LogP contribution in [0.4, 0.5) is 0 Å². The van der Waals surface area contributed by atoms with Gasteiger partial charge in [0.25, 0.3) is 0 Å². The molecule has 206 valence electrons. The van der Waals surface area contributed by atoms with E-state index < -0.39 is 0 Å². The van der Waals surface area contributed by atoms with Crippen LogP contribution in [0, 0.1) is 0 Å². The lowest BCUT2D eigenvalue weighted by Gasteiger charge is -2.17. The molecule has 0 radical (unpaired) electrons. The van der Waals surface area contributed by atoms with E-state index in [0.717, 1.165) is 27.8 Å². The van der Waals surface area contributed by atoms with Crippen molar-refractivity contribution in [2.45, 2.75) is 0 Å². The number of hydrogen-bond donors (Lipinski definition) is 0. The minimum atomic E-state index is 0.644. The molecule has 0 fully saturated rings. The van der Waals surface area contributed by atoms with Crippen LogP contribution in [0.5, 0.6) is 0 Å². The van der Waals surface area contributed by atoms with E-state index in [-0.39, 0.29) is 0 Å². The number of pyridine rings is 1. The molecule has 8 aromatic rings. The van der Waals surface area contributed by atoms with Crippen molar-refractivity contribution >= 4 is 21.5 Å². The van der Waals surface area contributed by atoms with Gasteiger partial charge in [0.05, 0.1) is 0 Å². The lowest BCUT2D eigenvalue weighted by molar-refractivity contribution is 1.07. The van der Waals surface area contributed by atoms with E-state index in [2.05, 4.69) is 83.8 Å². The van der Waals surface area contributed by atoms with E-state index in [9.17, 15) is 0 Å². The first kappa shape index (κ1) is 25.7. The molecule has 0 aliphatic heterocycles. The number of hydrogen-bond acceptors (Lipinski definition) is 4. The Bertz CT molecular complexity index is 2130. The summed E-state index contributed by atoms with van der Waals surface area (Å²) >= 11 is 0. The van der Waals surface area contributed by atoms with E-state index >= 15 is 0 Å². The number of benzene rings is 6. The van der Waals surface area contributed by atoms with Crippen LogP contribution in [0.2, 0.25) is 0 Å². The smallest absolute Gasteiger partial charge is 0.164 e. The van der Waals surface area contributed by atoms with Crippen LogP contribution < -0.4 is 0 Å². The van der Waals surface area contributed by atoms with Crippen molar-refractivity contribution in [2.75, 3.05) is 0 Å². The van der Waals surface area contributed by atoms with Gasteiger partial charge in [-0.2, -0.15) is 0 Å². The number of nitrogens with zero attached hydrogens (tertiary/aromatic N) is 4. The molecule has 0 saturated carbocycles. The molecule has 0 atom stereocenters. The third-order valence-corrected chi connectivity index (χ3v) is 8.01. The van der Waals surface area contributed by atoms with Crippen molar-refractivity contribution in [2.24, 2.45) is 0 Å². The van der Waals surface area contributed by atoms with Gasteiger partial charge in [0, 0.05) is 34.6 Å². The highest BCUT2D eigenvalue weighted by Crippen LogP contribution is 2.43. The molecule has 2 heterocycles. The van der Waals surface area contributed by atoms with E-state index in [1.165, 1.54) is 32.7 Å². The van der Waals surface area contributed by atoms with Crippen molar-refractivity contribution in [1.82, 2.24) is 19.9 Å². The first-order chi connectivity index (χ1) is 21.8. The van der Waals surface area contributed by atoms with E-state index in [0.29, 0.717) is 17.5 Å². The summed E-state index contributed by atoms with van der Waals surface area (Å²) in [6.07, 6.45) is 3.77. The average Bonchev–Trinajstić information content (AvgIpc) is 3.11. The molecule has 6 aromatic carbocycles. The summed E-state index contributed by atoms with van der Waals surface area (Å²) in [5.74, 6) is 1.95. The Morgan fingerprint density at radius 2 is 0.659 bits per heavy atom. The summed E-state index contributed by atoms with van der Waals surface area (Å²) in [5.41, 5.74) is 7.51. The first-order valence-electron chi connectivity index (χ1n) is 14.6. The Kier molecular flexibility index (Phi) is 6.43. The maximum Gasteiger partial charge on any atom is 0.164 e. The van der Waals surface area contributed by atoms with E-state index in [4.69, 9.17) is 15.0 Å². The Morgan fingerprint density at radius 3 is 1.09 bits per heavy atom.